The largest absolute Gasteiger partial charge is 0.497 e. The number of alkyl halides is 1. The maximum atomic E-state index is 13.5. The number of fused-ring (bicyclic) bond motifs is 2. The second-order valence-electron chi connectivity index (χ2n) is 19.0. The van der Waals surface area contributed by atoms with Gasteiger partial charge in [0.15, 0.2) is 34.6 Å². The molecule has 0 aliphatic heterocycles. The highest BCUT2D eigenvalue weighted by Gasteiger charge is 2.24. The SMILES string of the molecule is CNCCN(C)C.COc1cc(Nc2nc3cccnc3nc2NS(=O)(=O)c2cccc(NC(=O)CN(C)CCN(C)C)c2)cc(OC)c1.COc1cc(Nc2nc3cccnc3nc2NS(=O)(=O)c2cccc([N+](=O)[O-])c2)cc(OC)c1.O=C(Cl)CCl. The second-order valence-corrected chi connectivity index (χ2v) is 23.0. The summed E-state index contributed by atoms with van der Waals surface area (Å²) in [5.41, 5.74) is 2.33. The van der Waals surface area contributed by atoms with Crippen LogP contribution >= 0.6 is 23.2 Å². The third kappa shape index (κ3) is 22.1. The van der Waals surface area contributed by atoms with E-state index in [4.69, 9.17) is 42.1 Å². The molecule has 8 aromatic rings. The van der Waals surface area contributed by atoms with Crippen molar-refractivity contribution in [3.05, 3.63) is 132 Å². The molecule has 4 heterocycles. The lowest BCUT2D eigenvalue weighted by atomic mass is 10.2. The highest BCUT2D eigenvalue weighted by atomic mass is 35.5. The second kappa shape index (κ2) is 33.9. The number of non-ortho nitro benzene ring substituents is 1. The summed E-state index contributed by atoms with van der Waals surface area (Å²) in [7, 11) is 9.51. The van der Waals surface area contributed by atoms with Gasteiger partial charge in [-0.3, -0.25) is 34.0 Å². The number of carbonyl (C=O) groups excluding carboxylic acids is 2. The van der Waals surface area contributed by atoms with E-state index in [1.165, 1.54) is 65.0 Å². The number of benzene rings is 4. The molecule has 4 aromatic carbocycles. The molecule has 0 radical (unpaired) electrons. The lowest BCUT2D eigenvalue weighted by Crippen LogP contribution is -2.34. The fourth-order valence-electron chi connectivity index (χ4n) is 7.25. The number of nitrogens with zero attached hydrogens (tertiary/aromatic N) is 10. The van der Waals surface area contributed by atoms with E-state index >= 15 is 0 Å². The molecular formula is C56H68Cl2N16O12S2. The van der Waals surface area contributed by atoms with Gasteiger partial charge in [0.2, 0.25) is 11.1 Å². The first-order valence-electron chi connectivity index (χ1n) is 26.2. The fraction of sp³-hybridized carbons (Fsp3) is 0.286. The third-order valence-corrected chi connectivity index (χ3v) is 14.8. The Labute approximate surface area is 519 Å². The van der Waals surface area contributed by atoms with Crippen LogP contribution in [0.3, 0.4) is 0 Å². The standard InChI is InChI=1S/C28H34N8O5S.C21H18N6O6S.C5H14N2.C2H2Cl2O/c1-35(2)12-13-36(3)18-25(37)30-19-8-6-9-23(16-19)42(38,39)34-28-27(32-24-10-7-11-29-26(24)33-28)31-20-14-21(40-4)17-22(15-20)41-5;1-32-15-9-13(10-16(12-15)33-2)23-20-21(25-19-18(24-20)7-4-8-22-19)26-34(30,31)17-6-3-5-14(11-17)27(28)29;1-6-4-5-7(2)3;3-1-2(4)5/h6-11,14-17H,12-13,18H2,1-5H3,(H,30,37)(H,31,32)(H,29,33,34);3-12H,1-2H3,(H,23,24)(H,22,25,26);6H,4-5H2,1-3H3;1H2. The number of pyridine rings is 2. The molecule has 0 bridgehead atoms. The molecule has 0 atom stereocenters. The monoisotopic (exact) mass is 1290 g/mol. The predicted octanol–water partition coefficient (Wildman–Crippen LogP) is 7.27. The number of nitro benzene ring substituents is 1. The Morgan fingerprint density at radius 3 is 1.42 bits per heavy atom. The highest BCUT2D eigenvalue weighted by Crippen LogP contribution is 2.34. The number of nitro groups is 1. The van der Waals surface area contributed by atoms with Crippen molar-refractivity contribution in [1.82, 2.24) is 49.9 Å². The molecule has 470 valence electrons. The van der Waals surface area contributed by atoms with Crippen molar-refractivity contribution in [2.75, 3.05) is 135 Å². The summed E-state index contributed by atoms with van der Waals surface area (Å²) in [4.78, 5) is 64.2. The van der Waals surface area contributed by atoms with Crippen LogP contribution in [0.5, 0.6) is 23.0 Å². The maximum Gasteiger partial charge on any atom is 0.270 e. The van der Waals surface area contributed by atoms with Gasteiger partial charge in [-0.15, -0.1) is 11.6 Å². The molecule has 0 fully saturated rings. The van der Waals surface area contributed by atoms with Crippen LogP contribution in [-0.4, -0.2) is 187 Å². The zero-order valence-corrected chi connectivity index (χ0v) is 52.9. The van der Waals surface area contributed by atoms with E-state index in [2.05, 4.69) is 79.6 Å². The number of amides is 1. The van der Waals surface area contributed by atoms with Crippen molar-refractivity contribution in [2.24, 2.45) is 0 Å². The van der Waals surface area contributed by atoms with Crippen molar-refractivity contribution in [2.45, 2.75) is 9.79 Å². The van der Waals surface area contributed by atoms with Gasteiger partial charge in [-0.25, -0.2) is 46.7 Å². The Kier molecular flexibility index (Phi) is 26.9. The van der Waals surface area contributed by atoms with Crippen molar-refractivity contribution in [3.63, 3.8) is 0 Å². The molecule has 88 heavy (non-hydrogen) atoms. The Morgan fingerprint density at radius 2 is 1.02 bits per heavy atom. The van der Waals surface area contributed by atoms with Crippen LogP contribution in [0.2, 0.25) is 0 Å². The van der Waals surface area contributed by atoms with Crippen LogP contribution in [0, 0.1) is 10.1 Å². The van der Waals surface area contributed by atoms with Gasteiger partial charge in [0.25, 0.3) is 25.7 Å². The van der Waals surface area contributed by atoms with Gasteiger partial charge in [-0.2, -0.15) is 0 Å². The number of halogens is 2. The number of methoxy groups -OCH3 is 4. The van der Waals surface area contributed by atoms with E-state index in [0.717, 1.165) is 25.7 Å². The first-order valence-corrected chi connectivity index (χ1v) is 30.1. The number of anilines is 7. The Bertz CT molecular complexity index is 3850. The quantitative estimate of drug-likeness (QED) is 0.0142. The lowest BCUT2D eigenvalue weighted by molar-refractivity contribution is -0.385. The molecule has 6 N–H and O–H groups in total. The summed E-state index contributed by atoms with van der Waals surface area (Å²) in [6.45, 7) is 3.87. The summed E-state index contributed by atoms with van der Waals surface area (Å²) >= 11 is 9.55. The zero-order valence-electron chi connectivity index (χ0n) is 49.7. The topological polar surface area (TPSA) is 342 Å². The number of likely N-dealkylation sites (N-methyl/N-ethyl adjacent to an activating group) is 4. The van der Waals surface area contributed by atoms with E-state index in [1.807, 2.05) is 38.0 Å². The number of ether oxygens (including phenoxy) is 4. The van der Waals surface area contributed by atoms with Crippen LogP contribution in [0.1, 0.15) is 0 Å². The number of hydrogen-bond donors (Lipinski definition) is 6. The highest BCUT2D eigenvalue weighted by molar-refractivity contribution is 7.93. The Hall–Kier alpha value is -8.88. The molecule has 0 saturated heterocycles. The van der Waals surface area contributed by atoms with Crippen LogP contribution in [-0.2, 0) is 29.6 Å². The molecule has 0 aliphatic rings. The van der Waals surface area contributed by atoms with E-state index in [1.54, 1.807) is 79.0 Å². The van der Waals surface area contributed by atoms with E-state index < -0.39 is 30.2 Å². The summed E-state index contributed by atoms with van der Waals surface area (Å²) in [6.07, 6.45) is 3.04. The third-order valence-electron chi connectivity index (χ3n) is 11.6. The summed E-state index contributed by atoms with van der Waals surface area (Å²) in [5, 5.41) is 22.5. The number of carbonyl (C=O) groups is 2. The number of aromatic nitrogens is 6. The molecule has 0 saturated carbocycles. The van der Waals surface area contributed by atoms with Gasteiger partial charge in [-0.1, -0.05) is 12.1 Å². The molecule has 32 heteroatoms. The normalized spacial score (nSPS) is 11.0. The first kappa shape index (κ1) is 69.9. The predicted molar refractivity (Wildman–Crippen MR) is 340 cm³/mol. The van der Waals surface area contributed by atoms with E-state index in [-0.39, 0.29) is 68.4 Å². The average Bonchev–Trinajstić information content (AvgIpc) is 2.49. The molecular weight excluding hydrogens is 1220 g/mol. The van der Waals surface area contributed by atoms with E-state index in [9.17, 15) is 36.5 Å². The molecule has 8 rings (SSSR count). The van der Waals surface area contributed by atoms with Crippen LogP contribution < -0.4 is 49.7 Å². The number of rotatable bonds is 25. The Morgan fingerprint density at radius 1 is 0.580 bits per heavy atom. The smallest absolute Gasteiger partial charge is 0.270 e. The van der Waals surface area contributed by atoms with Crippen LogP contribution in [0.15, 0.2) is 131 Å². The van der Waals surface area contributed by atoms with Gasteiger partial charge in [-0.05, 0) is 102 Å². The van der Waals surface area contributed by atoms with Gasteiger partial charge < -0.3 is 50.0 Å². The lowest BCUT2D eigenvalue weighted by Gasteiger charge is -2.19. The maximum absolute atomic E-state index is 13.5. The molecule has 0 unspecified atom stereocenters. The van der Waals surface area contributed by atoms with Crippen molar-refractivity contribution >= 4 is 123 Å². The molecule has 0 aliphatic carbocycles. The summed E-state index contributed by atoms with van der Waals surface area (Å²) < 4.78 is 79.2. The van der Waals surface area contributed by atoms with Crippen molar-refractivity contribution in [1.29, 1.82) is 0 Å². The number of hydrogen-bond acceptors (Lipinski definition) is 24. The Balaban J connectivity index is 0.000000274. The molecule has 28 nitrogen and oxygen atoms in total. The minimum absolute atomic E-state index is 0.0695. The van der Waals surface area contributed by atoms with E-state index in [0.29, 0.717) is 57.6 Å². The molecule has 1 amide bonds. The van der Waals surface area contributed by atoms with Gasteiger partial charge in [0, 0.05) is 104 Å². The summed E-state index contributed by atoms with van der Waals surface area (Å²) in [6, 6.07) is 27.5. The van der Waals surface area contributed by atoms with Gasteiger partial charge in [0.1, 0.15) is 34.0 Å². The van der Waals surface area contributed by atoms with Crippen molar-refractivity contribution < 1.29 is 50.3 Å². The molecule has 4 aromatic heterocycles. The minimum atomic E-state index is -4.25. The van der Waals surface area contributed by atoms with Gasteiger partial charge >= 0.3 is 0 Å². The minimum Gasteiger partial charge on any atom is -0.497 e. The van der Waals surface area contributed by atoms with Crippen molar-refractivity contribution in [3.8, 4) is 23.0 Å². The van der Waals surface area contributed by atoms with Crippen LogP contribution in [0.4, 0.5) is 46.0 Å². The van der Waals surface area contributed by atoms with Gasteiger partial charge in [0.05, 0.1) is 55.6 Å². The number of nitrogens with one attached hydrogen (secondary N) is 6. The average molecular weight is 1290 g/mol. The number of sulfonamides is 2. The summed E-state index contributed by atoms with van der Waals surface area (Å²) in [5.74, 6) is 1.68. The first-order chi connectivity index (χ1) is 41.9. The molecule has 0 spiro atoms. The zero-order chi connectivity index (χ0) is 64.6. The fourth-order valence-corrected chi connectivity index (χ4v) is 9.35. The van der Waals surface area contributed by atoms with Crippen LogP contribution in [0.25, 0.3) is 22.3 Å².